The quantitative estimate of drug-likeness (QED) is 0.667. The molecule has 130 valence electrons. The van der Waals surface area contributed by atoms with Crippen molar-refractivity contribution in [1.29, 1.82) is 0 Å². The van der Waals surface area contributed by atoms with Gasteiger partial charge >= 0.3 is 6.01 Å². The zero-order chi connectivity index (χ0) is 18.0. The van der Waals surface area contributed by atoms with Crippen LogP contribution in [0.1, 0.15) is 35.7 Å². The second-order valence-electron chi connectivity index (χ2n) is 5.88. The average Bonchev–Trinajstić information content (AvgIpc) is 3.14. The molecule has 3 aromatic rings. The molecule has 0 atom stereocenters. The Balaban J connectivity index is 1.72. The van der Waals surface area contributed by atoms with Crippen LogP contribution in [0.15, 0.2) is 44.1 Å². The van der Waals surface area contributed by atoms with Gasteiger partial charge in [-0.25, -0.2) is 0 Å². The molecule has 0 bridgehead atoms. The standard InChI is InChI=1S/C18H19N3O3S/c1-10(2)25-14-7-5-13(6-8-14)17-20-21-18(24-17)19-16(22)15-9-11(3)23-12(15)4/h5-10H,1-4H3,(H,19,21,22). The number of carbonyl (C=O) groups is 1. The van der Waals surface area contributed by atoms with Gasteiger partial charge in [0.2, 0.25) is 5.89 Å². The Morgan fingerprint density at radius 3 is 2.44 bits per heavy atom. The third kappa shape index (κ3) is 4.11. The van der Waals surface area contributed by atoms with Crippen LogP contribution >= 0.6 is 11.8 Å². The lowest BCUT2D eigenvalue weighted by molar-refractivity contribution is 0.102. The first-order valence-corrected chi connectivity index (χ1v) is 8.79. The summed E-state index contributed by atoms with van der Waals surface area (Å²) in [6.45, 7) is 7.82. The van der Waals surface area contributed by atoms with Crippen molar-refractivity contribution < 1.29 is 13.6 Å². The van der Waals surface area contributed by atoms with E-state index >= 15 is 0 Å². The number of aryl methyl sites for hydroxylation is 2. The van der Waals surface area contributed by atoms with Crippen molar-refractivity contribution in [3.8, 4) is 11.5 Å². The molecule has 0 spiro atoms. The van der Waals surface area contributed by atoms with Crippen LogP contribution in [0, 0.1) is 13.8 Å². The van der Waals surface area contributed by atoms with Gasteiger partial charge in [-0.1, -0.05) is 18.9 Å². The lowest BCUT2D eigenvalue weighted by Crippen LogP contribution is -2.12. The molecular formula is C18H19N3O3S. The van der Waals surface area contributed by atoms with Crippen LogP contribution in [0.25, 0.3) is 11.5 Å². The van der Waals surface area contributed by atoms with Gasteiger partial charge in [0.1, 0.15) is 11.5 Å². The van der Waals surface area contributed by atoms with E-state index in [4.69, 9.17) is 8.83 Å². The van der Waals surface area contributed by atoms with Crippen LogP contribution in [0.4, 0.5) is 6.01 Å². The van der Waals surface area contributed by atoms with E-state index in [1.54, 1.807) is 31.7 Å². The second kappa shape index (κ2) is 7.14. The molecule has 0 fully saturated rings. The normalized spacial score (nSPS) is 11.1. The predicted molar refractivity (Wildman–Crippen MR) is 96.9 cm³/mol. The van der Waals surface area contributed by atoms with Crippen LogP contribution < -0.4 is 5.32 Å². The summed E-state index contributed by atoms with van der Waals surface area (Å²) in [6, 6.07) is 9.60. The SMILES string of the molecule is Cc1cc(C(=O)Nc2nnc(-c3ccc(SC(C)C)cc3)o2)c(C)o1. The first-order chi connectivity index (χ1) is 11.9. The molecule has 0 saturated heterocycles. The molecule has 0 saturated carbocycles. The number of amides is 1. The highest BCUT2D eigenvalue weighted by molar-refractivity contribution is 7.99. The van der Waals surface area contributed by atoms with E-state index in [9.17, 15) is 4.79 Å². The van der Waals surface area contributed by atoms with Crippen LogP contribution in [0.2, 0.25) is 0 Å². The number of nitrogens with one attached hydrogen (secondary N) is 1. The Morgan fingerprint density at radius 2 is 1.84 bits per heavy atom. The number of rotatable bonds is 5. The molecule has 0 aliphatic carbocycles. The number of furan rings is 1. The molecule has 7 heteroatoms. The smallest absolute Gasteiger partial charge is 0.322 e. The Hall–Kier alpha value is -2.54. The van der Waals surface area contributed by atoms with Crippen LogP contribution in [-0.2, 0) is 0 Å². The second-order valence-corrected chi connectivity index (χ2v) is 7.53. The van der Waals surface area contributed by atoms with Crippen molar-refractivity contribution >= 4 is 23.7 Å². The van der Waals surface area contributed by atoms with Gasteiger partial charge < -0.3 is 8.83 Å². The minimum absolute atomic E-state index is 0.0545. The molecule has 1 N–H and O–H groups in total. The van der Waals surface area contributed by atoms with Crippen molar-refractivity contribution in [2.24, 2.45) is 0 Å². The minimum atomic E-state index is -0.340. The fourth-order valence-electron chi connectivity index (χ4n) is 2.36. The van der Waals surface area contributed by atoms with Crippen molar-refractivity contribution in [3.05, 3.63) is 47.4 Å². The van der Waals surface area contributed by atoms with E-state index < -0.39 is 0 Å². The lowest BCUT2D eigenvalue weighted by atomic mass is 10.2. The van der Waals surface area contributed by atoms with E-state index in [-0.39, 0.29) is 11.9 Å². The summed E-state index contributed by atoms with van der Waals surface area (Å²) in [6.07, 6.45) is 0. The average molecular weight is 357 g/mol. The van der Waals surface area contributed by atoms with Gasteiger partial charge in [-0.05, 0) is 44.2 Å². The summed E-state index contributed by atoms with van der Waals surface area (Å²) in [7, 11) is 0. The van der Waals surface area contributed by atoms with E-state index in [1.165, 1.54) is 4.90 Å². The summed E-state index contributed by atoms with van der Waals surface area (Å²) < 4.78 is 10.9. The summed E-state index contributed by atoms with van der Waals surface area (Å²) in [5, 5.41) is 11.0. The zero-order valence-electron chi connectivity index (χ0n) is 14.5. The summed E-state index contributed by atoms with van der Waals surface area (Å²) in [4.78, 5) is 13.4. The third-order valence-corrected chi connectivity index (χ3v) is 4.42. The van der Waals surface area contributed by atoms with Gasteiger partial charge in [-0.2, -0.15) is 0 Å². The van der Waals surface area contributed by atoms with Gasteiger partial charge in [0.15, 0.2) is 0 Å². The number of carbonyl (C=O) groups excluding carboxylic acids is 1. The Labute approximate surface area is 150 Å². The molecule has 0 radical (unpaired) electrons. The third-order valence-electron chi connectivity index (χ3n) is 3.40. The monoisotopic (exact) mass is 357 g/mol. The van der Waals surface area contributed by atoms with Crippen LogP contribution in [0.3, 0.4) is 0 Å². The Bertz CT molecular complexity index is 881. The largest absolute Gasteiger partial charge is 0.466 e. The van der Waals surface area contributed by atoms with Gasteiger partial charge in [0, 0.05) is 15.7 Å². The highest BCUT2D eigenvalue weighted by atomic mass is 32.2. The van der Waals surface area contributed by atoms with Crippen molar-refractivity contribution in [1.82, 2.24) is 10.2 Å². The molecule has 2 aromatic heterocycles. The fourth-order valence-corrected chi connectivity index (χ4v) is 3.20. The maximum absolute atomic E-state index is 12.2. The van der Waals surface area contributed by atoms with Gasteiger partial charge in [0.25, 0.3) is 5.91 Å². The molecule has 3 rings (SSSR count). The molecule has 1 amide bonds. The highest BCUT2D eigenvalue weighted by Gasteiger charge is 2.17. The van der Waals surface area contributed by atoms with Crippen LogP contribution in [-0.4, -0.2) is 21.4 Å². The number of thioether (sulfide) groups is 1. The minimum Gasteiger partial charge on any atom is -0.466 e. The predicted octanol–water partition coefficient (Wildman–Crippen LogP) is 4.70. The summed E-state index contributed by atoms with van der Waals surface area (Å²) >= 11 is 1.78. The lowest BCUT2D eigenvalue weighted by Gasteiger charge is -2.04. The highest BCUT2D eigenvalue weighted by Crippen LogP contribution is 2.27. The molecule has 6 nitrogen and oxygen atoms in total. The molecule has 0 aliphatic rings. The van der Waals surface area contributed by atoms with E-state index in [2.05, 4.69) is 29.4 Å². The Morgan fingerprint density at radius 1 is 1.12 bits per heavy atom. The molecule has 1 aromatic carbocycles. The number of hydrogen-bond acceptors (Lipinski definition) is 6. The maximum atomic E-state index is 12.2. The Kier molecular flexibility index (Phi) is 4.94. The molecule has 0 aliphatic heterocycles. The van der Waals surface area contributed by atoms with E-state index in [0.29, 0.717) is 28.2 Å². The molecule has 2 heterocycles. The van der Waals surface area contributed by atoms with E-state index in [0.717, 1.165) is 5.56 Å². The van der Waals surface area contributed by atoms with Crippen LogP contribution in [0.5, 0.6) is 0 Å². The van der Waals surface area contributed by atoms with Gasteiger partial charge in [-0.15, -0.1) is 16.9 Å². The zero-order valence-corrected chi connectivity index (χ0v) is 15.3. The van der Waals surface area contributed by atoms with Gasteiger partial charge in [-0.3, -0.25) is 10.1 Å². The number of anilines is 1. The maximum Gasteiger partial charge on any atom is 0.322 e. The van der Waals surface area contributed by atoms with Crippen molar-refractivity contribution in [3.63, 3.8) is 0 Å². The molecular weight excluding hydrogens is 338 g/mol. The fraction of sp³-hybridized carbons (Fsp3) is 0.278. The first-order valence-electron chi connectivity index (χ1n) is 7.91. The summed E-state index contributed by atoms with van der Waals surface area (Å²) in [5.74, 6) is 1.24. The van der Waals surface area contributed by atoms with E-state index in [1.807, 2.05) is 24.3 Å². The van der Waals surface area contributed by atoms with Crippen molar-refractivity contribution in [2.75, 3.05) is 5.32 Å². The number of hydrogen-bond donors (Lipinski definition) is 1. The number of aromatic nitrogens is 2. The summed E-state index contributed by atoms with van der Waals surface area (Å²) in [5.41, 5.74) is 1.25. The number of nitrogens with zero attached hydrogens (tertiary/aromatic N) is 2. The van der Waals surface area contributed by atoms with Gasteiger partial charge in [0.05, 0.1) is 5.56 Å². The van der Waals surface area contributed by atoms with Crippen molar-refractivity contribution in [2.45, 2.75) is 37.8 Å². The molecule has 0 unspecified atom stereocenters. The first kappa shape index (κ1) is 17.3. The number of benzene rings is 1. The molecule has 25 heavy (non-hydrogen) atoms. The topological polar surface area (TPSA) is 81.2 Å².